The first-order valence-corrected chi connectivity index (χ1v) is 12.0. The van der Waals surface area contributed by atoms with E-state index in [2.05, 4.69) is 10.3 Å². The van der Waals surface area contributed by atoms with Crippen LogP contribution in [0.3, 0.4) is 0 Å². The number of nitrogens with zero attached hydrogens (tertiary/aromatic N) is 2. The molecule has 6 nitrogen and oxygen atoms in total. The van der Waals surface area contributed by atoms with Crippen LogP contribution in [0.1, 0.15) is 16.7 Å². The summed E-state index contributed by atoms with van der Waals surface area (Å²) in [7, 11) is 1.61. The van der Waals surface area contributed by atoms with Gasteiger partial charge in [-0.15, -0.1) is 11.3 Å². The minimum absolute atomic E-state index is 0.112. The Balaban J connectivity index is 1.53. The van der Waals surface area contributed by atoms with E-state index in [1.165, 1.54) is 28.7 Å². The fourth-order valence-corrected chi connectivity index (χ4v) is 4.87. The predicted molar refractivity (Wildman–Crippen MR) is 130 cm³/mol. The molecule has 0 unspecified atom stereocenters. The molecule has 4 rings (SSSR count). The van der Waals surface area contributed by atoms with Crippen LogP contribution in [0.15, 0.2) is 69.9 Å². The number of fused-ring (bicyclic) bond motifs is 1. The van der Waals surface area contributed by atoms with E-state index >= 15 is 0 Å². The van der Waals surface area contributed by atoms with Crippen molar-refractivity contribution < 1.29 is 9.53 Å². The quantitative estimate of drug-likeness (QED) is 0.311. The van der Waals surface area contributed by atoms with E-state index in [0.29, 0.717) is 34.2 Å². The molecule has 0 saturated carbocycles. The molecule has 1 amide bonds. The number of para-hydroxylation sites is 1. The van der Waals surface area contributed by atoms with E-state index in [0.717, 1.165) is 11.1 Å². The van der Waals surface area contributed by atoms with Crippen LogP contribution in [-0.4, -0.2) is 28.3 Å². The van der Waals surface area contributed by atoms with Crippen LogP contribution in [0.5, 0.6) is 5.75 Å². The minimum Gasteiger partial charge on any atom is -0.496 e. The zero-order valence-electron chi connectivity index (χ0n) is 17.8. The molecule has 0 aliphatic carbocycles. The lowest BCUT2D eigenvalue weighted by atomic mass is 10.1. The number of carbonyl (C=O) groups is 1. The Morgan fingerprint density at radius 2 is 1.94 bits per heavy atom. The lowest BCUT2D eigenvalue weighted by Gasteiger charge is -2.14. The van der Waals surface area contributed by atoms with Gasteiger partial charge in [-0.25, -0.2) is 4.98 Å². The molecule has 0 bridgehead atoms. The Labute approximate surface area is 194 Å². The molecule has 0 fully saturated rings. The molecule has 32 heavy (non-hydrogen) atoms. The Bertz CT molecular complexity index is 1300. The van der Waals surface area contributed by atoms with Gasteiger partial charge in [0.15, 0.2) is 5.16 Å². The summed E-state index contributed by atoms with van der Waals surface area (Å²) in [6, 6.07) is 17.5. The molecular weight excluding hydrogens is 442 g/mol. The summed E-state index contributed by atoms with van der Waals surface area (Å²) in [5.74, 6) is 0.761. The number of rotatable bonds is 8. The molecule has 0 spiro atoms. The average Bonchev–Trinajstić information content (AvgIpc) is 3.28. The van der Waals surface area contributed by atoms with Gasteiger partial charge in [-0.3, -0.25) is 14.2 Å². The third-order valence-electron chi connectivity index (χ3n) is 4.99. The summed E-state index contributed by atoms with van der Waals surface area (Å²) in [5, 5.41) is 5.30. The highest BCUT2D eigenvalue weighted by molar-refractivity contribution is 7.99. The first-order valence-electron chi connectivity index (χ1n) is 10.1. The number of ether oxygens (including phenoxy) is 1. The van der Waals surface area contributed by atoms with E-state index in [-0.39, 0.29) is 17.2 Å². The van der Waals surface area contributed by atoms with Crippen molar-refractivity contribution >= 4 is 39.2 Å². The standard InChI is InChI=1S/C24H23N3O3S2/c1-16-7-9-17(10-8-16)13-25-21(28)15-32-24-26-19-11-12-31-22(19)23(29)27(24)14-18-5-3-4-6-20(18)30-2/h3-12H,13-15H2,1-2H3,(H,25,28). The molecule has 0 aliphatic heterocycles. The molecule has 164 valence electrons. The van der Waals surface area contributed by atoms with Gasteiger partial charge >= 0.3 is 0 Å². The fourth-order valence-electron chi connectivity index (χ4n) is 3.26. The second-order valence-corrected chi connectivity index (χ2v) is 9.14. The summed E-state index contributed by atoms with van der Waals surface area (Å²) in [6.45, 7) is 2.81. The molecule has 4 aromatic rings. The fraction of sp³-hybridized carbons (Fsp3) is 0.208. The number of amides is 1. The van der Waals surface area contributed by atoms with Gasteiger partial charge in [-0.2, -0.15) is 0 Å². The predicted octanol–water partition coefficient (Wildman–Crippen LogP) is 4.23. The van der Waals surface area contributed by atoms with Crippen molar-refractivity contribution in [2.45, 2.75) is 25.2 Å². The summed E-state index contributed by atoms with van der Waals surface area (Å²) < 4.78 is 7.67. The summed E-state index contributed by atoms with van der Waals surface area (Å²) in [4.78, 5) is 30.3. The number of thioether (sulfide) groups is 1. The number of aromatic nitrogens is 2. The van der Waals surface area contributed by atoms with Gasteiger partial charge in [0, 0.05) is 12.1 Å². The number of nitrogens with one attached hydrogen (secondary N) is 1. The topological polar surface area (TPSA) is 73.2 Å². The summed E-state index contributed by atoms with van der Waals surface area (Å²) in [6.07, 6.45) is 0. The highest BCUT2D eigenvalue weighted by Crippen LogP contribution is 2.24. The summed E-state index contributed by atoms with van der Waals surface area (Å²) in [5.41, 5.74) is 3.64. The van der Waals surface area contributed by atoms with Gasteiger partial charge in [0.2, 0.25) is 5.91 Å². The van der Waals surface area contributed by atoms with Gasteiger partial charge in [0.05, 0.1) is 24.9 Å². The number of carbonyl (C=O) groups excluding carboxylic acids is 1. The van der Waals surface area contributed by atoms with E-state index in [1.807, 2.05) is 66.9 Å². The number of hydrogen-bond acceptors (Lipinski definition) is 6. The van der Waals surface area contributed by atoms with Gasteiger partial charge in [0.25, 0.3) is 5.56 Å². The number of thiophene rings is 1. The summed E-state index contributed by atoms with van der Waals surface area (Å²) >= 11 is 2.63. The molecule has 0 atom stereocenters. The third-order valence-corrected chi connectivity index (χ3v) is 6.86. The molecule has 0 radical (unpaired) electrons. The van der Waals surface area contributed by atoms with Crippen LogP contribution in [0.2, 0.25) is 0 Å². The smallest absolute Gasteiger partial charge is 0.272 e. The van der Waals surface area contributed by atoms with Gasteiger partial charge in [-0.1, -0.05) is 59.8 Å². The maximum atomic E-state index is 13.2. The van der Waals surface area contributed by atoms with Crippen LogP contribution < -0.4 is 15.6 Å². The lowest BCUT2D eigenvalue weighted by Crippen LogP contribution is -2.26. The molecular formula is C24H23N3O3S2. The molecule has 1 N–H and O–H groups in total. The van der Waals surface area contributed by atoms with Crippen LogP contribution in [0, 0.1) is 6.92 Å². The molecule has 8 heteroatoms. The molecule has 0 saturated heterocycles. The van der Waals surface area contributed by atoms with E-state index in [1.54, 1.807) is 11.7 Å². The number of benzene rings is 2. The third kappa shape index (κ3) is 5.03. The van der Waals surface area contributed by atoms with Crippen molar-refractivity contribution in [3.8, 4) is 5.75 Å². The second-order valence-electron chi connectivity index (χ2n) is 7.28. The van der Waals surface area contributed by atoms with E-state index < -0.39 is 0 Å². The second kappa shape index (κ2) is 10.0. The minimum atomic E-state index is -0.113. The van der Waals surface area contributed by atoms with Crippen LogP contribution in [0.4, 0.5) is 0 Å². The van der Waals surface area contributed by atoms with Crippen LogP contribution in [0.25, 0.3) is 10.2 Å². The van der Waals surface area contributed by atoms with Crippen LogP contribution >= 0.6 is 23.1 Å². The molecule has 2 aromatic heterocycles. The van der Waals surface area contributed by atoms with Crippen molar-refractivity contribution in [2.24, 2.45) is 0 Å². The molecule has 2 heterocycles. The largest absolute Gasteiger partial charge is 0.496 e. The highest BCUT2D eigenvalue weighted by atomic mass is 32.2. The van der Waals surface area contributed by atoms with Gasteiger partial charge < -0.3 is 10.1 Å². The van der Waals surface area contributed by atoms with Crippen molar-refractivity contribution in [1.82, 2.24) is 14.9 Å². The number of methoxy groups -OCH3 is 1. The zero-order valence-corrected chi connectivity index (χ0v) is 19.5. The number of hydrogen-bond donors (Lipinski definition) is 1. The van der Waals surface area contributed by atoms with Gasteiger partial charge in [0.1, 0.15) is 10.4 Å². The maximum Gasteiger partial charge on any atom is 0.272 e. The van der Waals surface area contributed by atoms with Crippen molar-refractivity contribution in [2.75, 3.05) is 12.9 Å². The van der Waals surface area contributed by atoms with Gasteiger partial charge in [-0.05, 0) is 30.0 Å². The lowest BCUT2D eigenvalue weighted by molar-refractivity contribution is -0.118. The van der Waals surface area contributed by atoms with Crippen molar-refractivity contribution in [1.29, 1.82) is 0 Å². The Hall–Kier alpha value is -3.10. The highest BCUT2D eigenvalue weighted by Gasteiger charge is 2.16. The average molecular weight is 466 g/mol. The van der Waals surface area contributed by atoms with Crippen molar-refractivity contribution in [3.05, 3.63) is 87.0 Å². The molecule has 0 aliphatic rings. The van der Waals surface area contributed by atoms with E-state index in [4.69, 9.17) is 4.74 Å². The van der Waals surface area contributed by atoms with E-state index in [9.17, 15) is 9.59 Å². The maximum absolute atomic E-state index is 13.2. The Kier molecular flexibility index (Phi) is 6.92. The first kappa shape index (κ1) is 22.1. The first-order chi connectivity index (χ1) is 15.5. The normalized spacial score (nSPS) is 10.9. The SMILES string of the molecule is COc1ccccc1Cn1c(SCC(=O)NCc2ccc(C)cc2)nc2ccsc2c1=O. The number of aryl methyl sites for hydroxylation is 1. The molecule has 2 aromatic carbocycles. The monoisotopic (exact) mass is 465 g/mol. The van der Waals surface area contributed by atoms with Crippen LogP contribution in [-0.2, 0) is 17.9 Å². The van der Waals surface area contributed by atoms with Crippen molar-refractivity contribution in [3.63, 3.8) is 0 Å². The zero-order chi connectivity index (χ0) is 22.5. The Morgan fingerprint density at radius 1 is 1.16 bits per heavy atom. The Morgan fingerprint density at radius 3 is 2.72 bits per heavy atom.